The fraction of sp³-hybridized carbons (Fsp3) is 0.200. The monoisotopic (exact) mass is 488 g/mol. The van der Waals surface area contributed by atoms with E-state index in [0.717, 1.165) is 24.4 Å². The van der Waals surface area contributed by atoms with E-state index in [1.807, 2.05) is 5.32 Å². The molecule has 0 heterocycles. The summed E-state index contributed by atoms with van der Waals surface area (Å²) in [6.07, 6.45) is 0.736. The summed E-state index contributed by atoms with van der Waals surface area (Å²) in [4.78, 5) is 23.8. The van der Waals surface area contributed by atoms with Gasteiger partial charge in [-0.15, -0.1) is 0 Å². The SMILES string of the molecule is CC(C)(C)OC(=O)Nc1cc(N/C=C/C(=O)c2ccc(Br)cc2F)c(F)c(F)c1F. The van der Waals surface area contributed by atoms with Gasteiger partial charge in [0.25, 0.3) is 0 Å². The standard InChI is InChI=1S/C20H17BrF4N2O3/c1-20(2,3)30-19(29)27-14-9-13(16(23)18(25)17(14)24)26-7-6-15(28)11-5-4-10(21)8-12(11)22/h4-9,26H,1-3H3,(H,27,29)/b7-6+. The van der Waals surface area contributed by atoms with Gasteiger partial charge in [-0.05, 0) is 45.0 Å². The number of ether oxygens (including phenoxy) is 1. The molecule has 0 aliphatic rings. The van der Waals surface area contributed by atoms with Gasteiger partial charge >= 0.3 is 6.09 Å². The second-order valence-electron chi connectivity index (χ2n) is 7.01. The van der Waals surface area contributed by atoms with Gasteiger partial charge in [-0.25, -0.2) is 22.4 Å². The lowest BCUT2D eigenvalue weighted by molar-refractivity contribution is 0.0635. The van der Waals surface area contributed by atoms with Crippen LogP contribution in [0.5, 0.6) is 0 Å². The Morgan fingerprint density at radius 3 is 2.23 bits per heavy atom. The molecular weight excluding hydrogens is 472 g/mol. The van der Waals surface area contributed by atoms with Gasteiger partial charge < -0.3 is 10.1 Å². The highest BCUT2D eigenvalue weighted by Gasteiger charge is 2.22. The van der Waals surface area contributed by atoms with Gasteiger partial charge in [0.05, 0.1) is 16.9 Å². The summed E-state index contributed by atoms with van der Waals surface area (Å²) >= 11 is 3.06. The molecule has 10 heteroatoms. The van der Waals surface area contributed by atoms with E-state index in [1.165, 1.54) is 12.1 Å². The summed E-state index contributed by atoms with van der Waals surface area (Å²) < 4.78 is 61.0. The van der Waals surface area contributed by atoms with Gasteiger partial charge in [0, 0.05) is 16.7 Å². The minimum Gasteiger partial charge on any atom is -0.444 e. The molecule has 0 radical (unpaired) electrons. The number of allylic oxidation sites excluding steroid dienone is 1. The van der Waals surface area contributed by atoms with E-state index in [2.05, 4.69) is 21.2 Å². The number of rotatable bonds is 5. The fourth-order valence-corrected chi connectivity index (χ4v) is 2.53. The smallest absolute Gasteiger partial charge is 0.412 e. The first-order valence-corrected chi connectivity index (χ1v) is 9.28. The number of halogens is 5. The van der Waals surface area contributed by atoms with Crippen LogP contribution in [0, 0.1) is 23.3 Å². The molecule has 0 spiro atoms. The average Bonchev–Trinajstić information content (AvgIpc) is 2.61. The largest absolute Gasteiger partial charge is 0.444 e. The van der Waals surface area contributed by atoms with Crippen LogP contribution in [0.4, 0.5) is 33.7 Å². The van der Waals surface area contributed by atoms with Crippen LogP contribution in [0.2, 0.25) is 0 Å². The lowest BCUT2D eigenvalue weighted by Crippen LogP contribution is -2.27. The first-order valence-electron chi connectivity index (χ1n) is 8.49. The Hall–Kier alpha value is -2.88. The lowest BCUT2D eigenvalue weighted by atomic mass is 10.1. The summed E-state index contributed by atoms with van der Waals surface area (Å²) in [5.74, 6) is -6.57. The first kappa shape index (κ1) is 23.4. The van der Waals surface area contributed by atoms with Crippen LogP contribution in [0.3, 0.4) is 0 Å². The molecule has 2 aromatic rings. The van der Waals surface area contributed by atoms with Crippen molar-refractivity contribution in [2.24, 2.45) is 0 Å². The Balaban J connectivity index is 2.21. The van der Waals surface area contributed by atoms with Crippen molar-refractivity contribution in [2.45, 2.75) is 26.4 Å². The molecule has 0 bridgehead atoms. The zero-order valence-corrected chi connectivity index (χ0v) is 17.7. The Bertz CT molecular complexity index is 1020. The highest BCUT2D eigenvalue weighted by atomic mass is 79.9. The molecular formula is C20H17BrF4N2O3. The van der Waals surface area contributed by atoms with Gasteiger partial charge in [0.15, 0.2) is 23.2 Å². The molecule has 2 rings (SSSR count). The van der Waals surface area contributed by atoms with Gasteiger partial charge in [-0.3, -0.25) is 10.1 Å². The highest BCUT2D eigenvalue weighted by Crippen LogP contribution is 2.28. The summed E-state index contributed by atoms with van der Waals surface area (Å²) in [6, 6.07) is 4.58. The Kier molecular flexibility index (Phi) is 7.25. The second-order valence-corrected chi connectivity index (χ2v) is 7.92. The normalized spacial score (nSPS) is 11.5. The molecule has 0 aliphatic carbocycles. The topological polar surface area (TPSA) is 67.4 Å². The molecule has 0 fully saturated rings. The Morgan fingerprint density at radius 1 is 1.00 bits per heavy atom. The molecule has 0 atom stereocenters. The second kappa shape index (κ2) is 9.29. The maximum atomic E-state index is 14.0. The van der Waals surface area contributed by atoms with Crippen LogP contribution in [0.15, 0.2) is 41.0 Å². The van der Waals surface area contributed by atoms with E-state index in [0.29, 0.717) is 4.47 Å². The number of nitrogens with one attached hydrogen (secondary N) is 2. The molecule has 2 N–H and O–H groups in total. The minimum atomic E-state index is -1.84. The number of amides is 1. The van der Waals surface area contributed by atoms with Crippen LogP contribution < -0.4 is 10.6 Å². The van der Waals surface area contributed by atoms with Gasteiger partial charge in [0.1, 0.15) is 11.4 Å². The summed E-state index contributed by atoms with van der Waals surface area (Å²) in [7, 11) is 0. The van der Waals surface area contributed by atoms with Gasteiger partial charge in [0.2, 0.25) is 0 Å². The van der Waals surface area contributed by atoms with Crippen LogP contribution in [0.1, 0.15) is 31.1 Å². The number of ketones is 1. The van der Waals surface area contributed by atoms with Crippen molar-refractivity contribution in [3.8, 4) is 0 Å². The van der Waals surface area contributed by atoms with E-state index >= 15 is 0 Å². The Morgan fingerprint density at radius 2 is 1.63 bits per heavy atom. The molecule has 160 valence electrons. The van der Waals surface area contributed by atoms with Crippen molar-refractivity contribution in [1.82, 2.24) is 0 Å². The minimum absolute atomic E-state index is 0.241. The number of carbonyl (C=O) groups excluding carboxylic acids is 2. The van der Waals surface area contributed by atoms with Gasteiger partial charge in [-0.2, -0.15) is 0 Å². The molecule has 0 unspecified atom stereocenters. The molecule has 0 saturated heterocycles. The lowest BCUT2D eigenvalue weighted by Gasteiger charge is -2.20. The van der Waals surface area contributed by atoms with Crippen molar-refractivity contribution in [1.29, 1.82) is 0 Å². The molecule has 0 saturated carbocycles. The van der Waals surface area contributed by atoms with Gasteiger partial charge in [-0.1, -0.05) is 15.9 Å². The first-order chi connectivity index (χ1) is 13.9. The van der Waals surface area contributed by atoms with Crippen LogP contribution in [-0.2, 0) is 4.74 Å². The average molecular weight is 489 g/mol. The third-order valence-electron chi connectivity index (χ3n) is 3.45. The van der Waals surface area contributed by atoms with E-state index in [1.54, 1.807) is 20.8 Å². The molecule has 0 aliphatic heterocycles. The summed E-state index contributed by atoms with van der Waals surface area (Å²) in [6.45, 7) is 4.70. The number of carbonyl (C=O) groups is 2. The molecule has 1 amide bonds. The van der Waals surface area contributed by atoms with Crippen molar-refractivity contribution in [3.05, 3.63) is 69.8 Å². The maximum Gasteiger partial charge on any atom is 0.412 e. The maximum absolute atomic E-state index is 14.0. The van der Waals surface area contributed by atoms with E-state index < -0.39 is 52.1 Å². The third kappa shape index (κ3) is 6.06. The third-order valence-corrected chi connectivity index (χ3v) is 3.95. The number of anilines is 2. The summed E-state index contributed by atoms with van der Waals surface area (Å²) in [5, 5.41) is 4.25. The van der Waals surface area contributed by atoms with E-state index in [9.17, 15) is 27.2 Å². The van der Waals surface area contributed by atoms with Crippen molar-refractivity contribution in [2.75, 3.05) is 10.6 Å². The van der Waals surface area contributed by atoms with Crippen molar-refractivity contribution in [3.63, 3.8) is 0 Å². The molecule has 0 aromatic heterocycles. The van der Waals surface area contributed by atoms with Crippen LogP contribution >= 0.6 is 15.9 Å². The molecule has 5 nitrogen and oxygen atoms in total. The number of hydrogen-bond acceptors (Lipinski definition) is 4. The van der Waals surface area contributed by atoms with E-state index in [-0.39, 0.29) is 5.56 Å². The van der Waals surface area contributed by atoms with Crippen LogP contribution in [0.25, 0.3) is 0 Å². The van der Waals surface area contributed by atoms with Crippen molar-refractivity contribution >= 4 is 39.2 Å². The number of benzene rings is 2. The quantitative estimate of drug-likeness (QED) is 0.229. The van der Waals surface area contributed by atoms with Crippen molar-refractivity contribution < 1.29 is 31.9 Å². The summed E-state index contributed by atoms with van der Waals surface area (Å²) in [5.41, 5.74) is -2.38. The predicted octanol–water partition coefficient (Wildman–Crippen LogP) is 6.16. The highest BCUT2D eigenvalue weighted by molar-refractivity contribution is 9.10. The zero-order valence-electron chi connectivity index (χ0n) is 16.1. The molecule has 2 aromatic carbocycles. The zero-order chi connectivity index (χ0) is 22.6. The predicted molar refractivity (Wildman–Crippen MR) is 107 cm³/mol. The Labute approximate surface area is 178 Å². The molecule has 30 heavy (non-hydrogen) atoms. The van der Waals surface area contributed by atoms with Crippen LogP contribution in [-0.4, -0.2) is 17.5 Å². The number of hydrogen-bond donors (Lipinski definition) is 2. The van der Waals surface area contributed by atoms with E-state index in [4.69, 9.17) is 4.74 Å². The fourth-order valence-electron chi connectivity index (χ4n) is 2.20.